The molecule has 0 radical (unpaired) electrons. The average Bonchev–Trinajstić information content (AvgIpc) is 3.72. The molecule has 0 unspecified atom stereocenters. The van der Waals surface area contributed by atoms with Gasteiger partial charge in [0.25, 0.3) is 0 Å². The topological polar surface area (TPSA) is 42.6 Å². The minimum atomic E-state index is -0.0273. The second kappa shape index (κ2) is 17.1. The largest absolute Gasteiger partial charge is 2.00 e. The molecular formula is C56H70N4OPt. The van der Waals surface area contributed by atoms with Crippen molar-refractivity contribution in [1.29, 1.82) is 0 Å². The summed E-state index contributed by atoms with van der Waals surface area (Å²) in [5.41, 5.74) is 10.4. The van der Waals surface area contributed by atoms with E-state index < -0.39 is 0 Å². The molecule has 1 aliphatic heterocycles. The molecule has 62 heavy (non-hydrogen) atoms. The summed E-state index contributed by atoms with van der Waals surface area (Å²) < 4.78 is 9.05. The molecule has 0 saturated carbocycles. The van der Waals surface area contributed by atoms with Gasteiger partial charge >= 0.3 is 21.1 Å². The number of pyridine rings is 1. The van der Waals surface area contributed by atoms with E-state index in [4.69, 9.17) is 14.7 Å². The Labute approximate surface area is 388 Å². The van der Waals surface area contributed by atoms with Gasteiger partial charge in [0.15, 0.2) is 0 Å². The monoisotopic (exact) mass is 1010 g/mol. The van der Waals surface area contributed by atoms with Crippen LogP contribution in [0.4, 0.5) is 5.69 Å². The van der Waals surface area contributed by atoms with E-state index in [1.54, 1.807) is 0 Å². The van der Waals surface area contributed by atoms with Gasteiger partial charge in [-0.05, 0) is 97.4 Å². The van der Waals surface area contributed by atoms with E-state index in [1.165, 1.54) is 33.3 Å². The van der Waals surface area contributed by atoms with Crippen LogP contribution in [0.25, 0.3) is 27.6 Å². The van der Waals surface area contributed by atoms with Gasteiger partial charge in [0.1, 0.15) is 5.82 Å². The van der Waals surface area contributed by atoms with Gasteiger partial charge in [0, 0.05) is 35.4 Å². The second-order valence-corrected chi connectivity index (χ2v) is 22.6. The molecular weight excluding hydrogens is 940 g/mol. The van der Waals surface area contributed by atoms with Gasteiger partial charge in [-0.1, -0.05) is 154 Å². The molecule has 330 valence electrons. The first-order valence-electron chi connectivity index (χ1n) is 22.5. The molecule has 0 saturated heterocycles. The first kappa shape index (κ1) is 47.3. The molecule has 0 fully saturated rings. The molecule has 0 bridgehead atoms. The van der Waals surface area contributed by atoms with E-state index in [2.05, 4.69) is 206 Å². The van der Waals surface area contributed by atoms with Gasteiger partial charge in [-0.2, -0.15) is 6.07 Å². The molecule has 1 atom stereocenters. The van der Waals surface area contributed by atoms with Crippen LogP contribution in [0, 0.1) is 36.8 Å². The van der Waals surface area contributed by atoms with E-state index in [0.29, 0.717) is 29.3 Å². The van der Waals surface area contributed by atoms with Crippen molar-refractivity contribution < 1.29 is 25.8 Å². The molecule has 5 nitrogen and oxygen atoms in total. The van der Waals surface area contributed by atoms with Crippen molar-refractivity contribution in [3.05, 3.63) is 125 Å². The molecule has 6 heteroatoms. The Balaban J connectivity index is 0.00000641. The zero-order valence-corrected chi connectivity index (χ0v) is 42.8. The van der Waals surface area contributed by atoms with E-state index in [9.17, 15) is 0 Å². The summed E-state index contributed by atoms with van der Waals surface area (Å²) in [5.74, 6) is 4.51. The summed E-state index contributed by atoms with van der Waals surface area (Å²) >= 11 is 0. The molecule has 0 aliphatic carbocycles. The van der Waals surface area contributed by atoms with Crippen LogP contribution < -0.4 is 9.64 Å². The molecule has 1 aliphatic rings. The summed E-state index contributed by atoms with van der Waals surface area (Å²) in [5, 5.41) is 2.29. The predicted octanol–water partition coefficient (Wildman–Crippen LogP) is 14.6. The molecule has 0 amide bonds. The van der Waals surface area contributed by atoms with Gasteiger partial charge in [-0.25, -0.2) is 4.98 Å². The predicted molar refractivity (Wildman–Crippen MR) is 260 cm³/mol. The number of hydrogen-bond donors (Lipinski definition) is 0. The maximum absolute atomic E-state index is 6.81. The van der Waals surface area contributed by atoms with Crippen LogP contribution in [-0.4, -0.2) is 28.0 Å². The van der Waals surface area contributed by atoms with Crippen LogP contribution in [0.1, 0.15) is 144 Å². The number of aromatic nitrogens is 2. The molecule has 4 aromatic carbocycles. The Morgan fingerprint density at radius 1 is 0.629 bits per heavy atom. The van der Waals surface area contributed by atoms with Crippen LogP contribution in [-0.2, 0) is 42.7 Å². The number of fused-ring (bicyclic) bond motifs is 3. The third-order valence-electron chi connectivity index (χ3n) is 12.7. The third-order valence-corrected chi connectivity index (χ3v) is 12.7. The van der Waals surface area contributed by atoms with Crippen LogP contribution in [0.2, 0.25) is 0 Å². The van der Waals surface area contributed by atoms with Crippen LogP contribution in [0.5, 0.6) is 11.5 Å². The Morgan fingerprint density at radius 2 is 1.23 bits per heavy atom. The van der Waals surface area contributed by atoms with Gasteiger partial charge in [-0.3, -0.25) is 0 Å². The number of aryl methyl sites for hydroxylation is 1. The van der Waals surface area contributed by atoms with Gasteiger partial charge in [-0.15, -0.1) is 34.7 Å². The Bertz CT molecular complexity index is 2580. The first-order valence-corrected chi connectivity index (χ1v) is 22.5. The summed E-state index contributed by atoms with van der Waals surface area (Å²) in [6, 6.07) is 34.4. The average molecular weight is 1010 g/mol. The number of anilines is 1. The van der Waals surface area contributed by atoms with Gasteiger partial charge in [0.2, 0.25) is 0 Å². The summed E-state index contributed by atoms with van der Waals surface area (Å²) in [6.45, 7) is 39.7. The molecule has 3 heterocycles. The number of hydrogen-bond acceptors (Lipinski definition) is 4. The molecule has 0 spiro atoms. The Hall–Kier alpha value is -4.21. The molecule has 0 N–H and O–H groups in total. The van der Waals surface area contributed by atoms with Crippen molar-refractivity contribution in [3.8, 4) is 17.3 Å². The minimum absolute atomic E-state index is 0. The summed E-state index contributed by atoms with van der Waals surface area (Å²) in [7, 11) is 0. The molecule has 7 rings (SSSR count). The normalized spacial score (nSPS) is 15.3. The Kier molecular flexibility index (Phi) is 13.0. The van der Waals surface area contributed by atoms with Crippen molar-refractivity contribution in [3.63, 3.8) is 0 Å². The first-order chi connectivity index (χ1) is 28.3. The van der Waals surface area contributed by atoms with Crippen molar-refractivity contribution in [2.75, 3.05) is 11.4 Å². The molecule has 2 aromatic heterocycles. The summed E-state index contributed by atoms with van der Waals surface area (Å²) in [6.07, 6.45) is 1.92. The number of aliphatic imine (C=N–C) groups is 1. The van der Waals surface area contributed by atoms with E-state index in [0.717, 1.165) is 45.7 Å². The number of nitrogens with zero attached hydrogens (tertiary/aromatic N) is 4. The number of ether oxygens (including phenoxy) is 1. The van der Waals surface area contributed by atoms with E-state index in [-0.39, 0.29) is 48.8 Å². The zero-order valence-electron chi connectivity index (χ0n) is 40.5. The van der Waals surface area contributed by atoms with E-state index in [1.807, 2.05) is 12.3 Å². The maximum atomic E-state index is 6.81. The molecule has 6 aromatic rings. The smallest absolute Gasteiger partial charge is 0.503 e. The van der Waals surface area contributed by atoms with Gasteiger partial charge in [0.05, 0.1) is 11.9 Å². The quantitative estimate of drug-likeness (QED) is 0.143. The number of amidine groups is 1. The van der Waals surface area contributed by atoms with Crippen molar-refractivity contribution in [1.82, 2.24) is 9.55 Å². The fourth-order valence-corrected chi connectivity index (χ4v) is 9.15. The van der Waals surface area contributed by atoms with Crippen LogP contribution in [0.3, 0.4) is 0 Å². The van der Waals surface area contributed by atoms with Crippen LogP contribution in [0.15, 0.2) is 84.0 Å². The maximum Gasteiger partial charge on any atom is 2.00 e. The standard InChI is InChI=1S/C56H70N4O.Pt/c1-34(2)51(35(3)4)47-33-59(42-28-40(55(12,13)14)27-41(29-42)56(15,16)17)52(58-47)37-24-36(5)25-44(26-37)61-43-19-20-45-46-30-38(53(6,7)8)18-21-48(46)60(49(45)32-43)50-31-39(22-23-57-50)54(9,10)11;/h18-25,27-31,34-35,47,51H,33H2,1-17H3;/q-2;+2/t47-;/m0./s1. The van der Waals surface area contributed by atoms with E-state index >= 15 is 0 Å². The third kappa shape index (κ3) is 9.64. The zero-order chi connectivity index (χ0) is 44.6. The fraction of sp³-hybridized carbons (Fsp3) is 0.464. The second-order valence-electron chi connectivity index (χ2n) is 22.6. The Morgan fingerprint density at radius 3 is 1.81 bits per heavy atom. The SMILES string of the molecule is Cc1cc(Oc2[c-]c3c(cc2)c2cc(C(C)(C)C)ccc2n3-c2cc(C(C)(C)C)ccn2)[c-]c(C2=N[C@H](C(C(C)C)C(C)C)CN2c2cc(C(C)(C)C)cc(C(C)(C)C)c2)c1.[Pt+2]. The number of rotatable bonds is 8. The van der Waals surface area contributed by atoms with Crippen LogP contribution >= 0.6 is 0 Å². The van der Waals surface area contributed by atoms with Crippen molar-refractivity contribution in [2.24, 2.45) is 22.7 Å². The fourth-order valence-electron chi connectivity index (χ4n) is 9.15. The van der Waals surface area contributed by atoms with Crippen molar-refractivity contribution >= 4 is 33.3 Å². The van der Waals surface area contributed by atoms with Crippen molar-refractivity contribution in [2.45, 2.75) is 145 Å². The van der Waals surface area contributed by atoms with Gasteiger partial charge < -0.3 is 19.2 Å². The number of benzene rings is 4. The summed E-state index contributed by atoms with van der Waals surface area (Å²) in [4.78, 5) is 13.0. The minimum Gasteiger partial charge on any atom is -0.503 e.